The van der Waals surface area contributed by atoms with E-state index >= 15 is 0 Å². The number of carbonyl (C=O) groups is 1. The van der Waals surface area contributed by atoms with E-state index in [2.05, 4.69) is 34.5 Å². The van der Waals surface area contributed by atoms with E-state index in [1.807, 2.05) is 44.4 Å². The summed E-state index contributed by atoms with van der Waals surface area (Å²) in [5.74, 6) is 2.78. The molecule has 0 spiro atoms. The van der Waals surface area contributed by atoms with Crippen molar-refractivity contribution in [2.75, 3.05) is 45.3 Å². The van der Waals surface area contributed by atoms with E-state index < -0.39 is 0 Å². The minimum atomic E-state index is -0.184. The van der Waals surface area contributed by atoms with Gasteiger partial charge in [-0.3, -0.25) is 4.79 Å². The van der Waals surface area contributed by atoms with Crippen LogP contribution in [-0.2, 0) is 4.79 Å². The zero-order chi connectivity index (χ0) is 25.7. The largest absolute Gasteiger partial charge is 0.493 e. The first-order valence-corrected chi connectivity index (χ1v) is 12.4. The van der Waals surface area contributed by atoms with Gasteiger partial charge in [0.1, 0.15) is 0 Å². The Kier molecular flexibility index (Phi) is 5.71. The van der Waals surface area contributed by atoms with Crippen molar-refractivity contribution in [2.45, 2.75) is 24.7 Å². The molecule has 2 aliphatic heterocycles. The lowest BCUT2D eigenvalue weighted by Gasteiger charge is -2.37. The normalized spacial score (nSPS) is 19.6. The Bertz CT molecular complexity index is 1410. The monoisotopic (exact) mass is 498 g/mol. The van der Waals surface area contributed by atoms with Crippen LogP contribution in [0, 0.1) is 0 Å². The average molecular weight is 499 g/mol. The van der Waals surface area contributed by atoms with Crippen molar-refractivity contribution in [3.05, 3.63) is 82.6 Å². The van der Waals surface area contributed by atoms with Crippen LogP contribution in [0.5, 0.6) is 23.0 Å². The predicted molar refractivity (Wildman–Crippen MR) is 142 cm³/mol. The Labute approximate surface area is 216 Å². The molecule has 0 radical (unpaired) electrons. The summed E-state index contributed by atoms with van der Waals surface area (Å²) < 4.78 is 22.3. The smallest absolute Gasteiger partial charge is 0.231 e. The third kappa shape index (κ3) is 3.95. The summed E-state index contributed by atoms with van der Waals surface area (Å²) in [6.45, 7) is 0.202. The Balaban J connectivity index is 1.44. The standard InChI is InChI=1S/C30H30N2O5/c1-32(2)20-8-5-17(6-9-20)29-21-14-27-28(37-16-36-27)15-22(21)31-23-11-19(12-24(33)30(23)29)18-7-10-25(34-3)26(13-18)35-4/h5-10,13-15,19,29,31H,11-12,16H2,1-4H3. The number of allylic oxidation sites excluding steroid dienone is 2. The van der Waals surface area contributed by atoms with E-state index in [1.54, 1.807) is 14.2 Å². The highest BCUT2D eigenvalue weighted by Crippen LogP contribution is 2.51. The van der Waals surface area contributed by atoms with Crippen LogP contribution in [0.2, 0.25) is 0 Å². The maximum atomic E-state index is 13.9. The van der Waals surface area contributed by atoms with Gasteiger partial charge in [-0.15, -0.1) is 0 Å². The summed E-state index contributed by atoms with van der Waals surface area (Å²) in [5.41, 5.74) is 7.02. The van der Waals surface area contributed by atoms with E-state index in [1.165, 1.54) is 0 Å². The molecule has 6 rings (SSSR count). The van der Waals surface area contributed by atoms with Crippen molar-refractivity contribution in [3.63, 3.8) is 0 Å². The molecule has 0 amide bonds. The number of anilines is 2. The van der Waals surface area contributed by atoms with Gasteiger partial charge in [0.05, 0.1) is 14.2 Å². The number of methoxy groups -OCH3 is 2. The summed E-state index contributed by atoms with van der Waals surface area (Å²) in [6, 6.07) is 18.4. The molecule has 0 aromatic heterocycles. The molecular formula is C30H30N2O5. The zero-order valence-electron chi connectivity index (χ0n) is 21.5. The topological polar surface area (TPSA) is 69.3 Å². The van der Waals surface area contributed by atoms with Crippen molar-refractivity contribution in [3.8, 4) is 23.0 Å². The quantitative estimate of drug-likeness (QED) is 0.501. The molecule has 37 heavy (non-hydrogen) atoms. The van der Waals surface area contributed by atoms with Crippen molar-refractivity contribution < 1.29 is 23.7 Å². The van der Waals surface area contributed by atoms with Crippen LogP contribution in [-0.4, -0.2) is 40.9 Å². The maximum Gasteiger partial charge on any atom is 0.231 e. The van der Waals surface area contributed by atoms with Crippen LogP contribution >= 0.6 is 0 Å². The molecule has 3 aromatic carbocycles. The molecule has 2 unspecified atom stereocenters. The molecular weight excluding hydrogens is 468 g/mol. The Hall–Kier alpha value is -4.13. The number of hydrogen-bond acceptors (Lipinski definition) is 7. The van der Waals surface area contributed by atoms with Gasteiger partial charge in [0, 0.05) is 55.1 Å². The third-order valence-electron chi connectivity index (χ3n) is 7.56. The number of fused-ring (bicyclic) bond motifs is 2. The van der Waals surface area contributed by atoms with Gasteiger partial charge in [0.25, 0.3) is 0 Å². The molecule has 2 atom stereocenters. The molecule has 0 bridgehead atoms. The molecule has 0 saturated carbocycles. The lowest BCUT2D eigenvalue weighted by molar-refractivity contribution is -0.116. The highest BCUT2D eigenvalue weighted by molar-refractivity contribution is 6.02. The zero-order valence-corrected chi connectivity index (χ0v) is 21.5. The summed E-state index contributed by atoms with van der Waals surface area (Å²) in [4.78, 5) is 15.9. The molecule has 3 aliphatic rings. The van der Waals surface area contributed by atoms with Crippen molar-refractivity contribution in [2.24, 2.45) is 0 Å². The number of carbonyl (C=O) groups excluding carboxylic acids is 1. The second-order valence-corrected chi connectivity index (χ2v) is 9.87. The van der Waals surface area contributed by atoms with Gasteiger partial charge in [-0.1, -0.05) is 18.2 Å². The molecule has 7 nitrogen and oxygen atoms in total. The average Bonchev–Trinajstić information content (AvgIpc) is 3.37. The SMILES string of the molecule is COc1ccc(C2CC(=O)C3=C(C2)Nc2cc4c(cc2C3c2ccc(N(C)C)cc2)OCO4)cc1OC. The molecule has 1 aliphatic carbocycles. The molecule has 1 N–H and O–H groups in total. The number of hydrogen-bond donors (Lipinski definition) is 1. The van der Waals surface area contributed by atoms with E-state index in [-0.39, 0.29) is 24.4 Å². The first-order chi connectivity index (χ1) is 18.0. The van der Waals surface area contributed by atoms with Gasteiger partial charge in [-0.05, 0) is 59.4 Å². The van der Waals surface area contributed by atoms with Crippen molar-refractivity contribution in [1.82, 2.24) is 0 Å². The fraction of sp³-hybridized carbons (Fsp3) is 0.300. The Morgan fingerprint density at radius 3 is 2.27 bits per heavy atom. The van der Waals surface area contributed by atoms with Gasteiger partial charge in [-0.2, -0.15) is 0 Å². The first kappa shape index (κ1) is 23.3. The van der Waals surface area contributed by atoms with Gasteiger partial charge >= 0.3 is 0 Å². The number of nitrogens with zero attached hydrogens (tertiary/aromatic N) is 1. The van der Waals surface area contributed by atoms with Crippen LogP contribution in [0.25, 0.3) is 0 Å². The molecule has 190 valence electrons. The highest BCUT2D eigenvalue weighted by atomic mass is 16.7. The second kappa shape index (κ2) is 9.07. The van der Waals surface area contributed by atoms with Gasteiger partial charge in [0.15, 0.2) is 28.8 Å². The fourth-order valence-electron chi connectivity index (χ4n) is 5.66. The van der Waals surface area contributed by atoms with Gasteiger partial charge < -0.3 is 29.2 Å². The molecule has 0 fully saturated rings. The van der Waals surface area contributed by atoms with Gasteiger partial charge in [0.2, 0.25) is 6.79 Å². The number of rotatable bonds is 5. The Morgan fingerprint density at radius 1 is 0.865 bits per heavy atom. The molecule has 7 heteroatoms. The highest BCUT2D eigenvalue weighted by Gasteiger charge is 2.39. The van der Waals surface area contributed by atoms with E-state index in [0.717, 1.165) is 51.5 Å². The minimum absolute atomic E-state index is 0.0332. The lowest BCUT2D eigenvalue weighted by atomic mass is 9.72. The maximum absolute atomic E-state index is 13.9. The number of benzene rings is 3. The molecule has 3 aromatic rings. The summed E-state index contributed by atoms with van der Waals surface area (Å²) in [7, 11) is 7.30. The number of nitrogens with one attached hydrogen (secondary N) is 1. The van der Waals surface area contributed by atoms with Crippen LogP contribution in [0.15, 0.2) is 65.9 Å². The van der Waals surface area contributed by atoms with Gasteiger partial charge in [-0.25, -0.2) is 0 Å². The van der Waals surface area contributed by atoms with Crippen molar-refractivity contribution >= 4 is 17.2 Å². The van der Waals surface area contributed by atoms with E-state index in [9.17, 15) is 4.79 Å². The molecule has 0 saturated heterocycles. The second-order valence-electron chi connectivity index (χ2n) is 9.87. The number of Topliss-reactive ketones (excluding diaryl/α,β-unsaturated/α-hetero) is 1. The number of ether oxygens (including phenoxy) is 4. The minimum Gasteiger partial charge on any atom is -0.493 e. The van der Waals surface area contributed by atoms with E-state index in [4.69, 9.17) is 18.9 Å². The summed E-state index contributed by atoms with van der Waals surface area (Å²) in [6.07, 6.45) is 1.15. The number of ketones is 1. The lowest BCUT2D eigenvalue weighted by Crippen LogP contribution is -2.29. The van der Waals surface area contributed by atoms with E-state index in [0.29, 0.717) is 23.7 Å². The Morgan fingerprint density at radius 2 is 1.57 bits per heavy atom. The van der Waals surface area contributed by atoms with Crippen LogP contribution in [0.1, 0.15) is 41.4 Å². The third-order valence-corrected chi connectivity index (χ3v) is 7.56. The van der Waals surface area contributed by atoms with Crippen molar-refractivity contribution in [1.29, 1.82) is 0 Å². The fourth-order valence-corrected chi connectivity index (χ4v) is 5.66. The predicted octanol–water partition coefficient (Wildman–Crippen LogP) is 5.46. The summed E-state index contributed by atoms with van der Waals surface area (Å²) >= 11 is 0. The first-order valence-electron chi connectivity index (χ1n) is 12.4. The van der Waals surface area contributed by atoms with Crippen LogP contribution in [0.4, 0.5) is 11.4 Å². The van der Waals surface area contributed by atoms with Crippen LogP contribution < -0.4 is 29.2 Å². The summed E-state index contributed by atoms with van der Waals surface area (Å²) in [5, 5.41) is 3.60. The molecule has 2 heterocycles. The van der Waals surface area contributed by atoms with Crippen LogP contribution in [0.3, 0.4) is 0 Å².